The predicted octanol–water partition coefficient (Wildman–Crippen LogP) is 1.86. The molecule has 3 heteroatoms. The van der Waals surface area contributed by atoms with Crippen LogP contribution >= 0.6 is 0 Å². The van der Waals surface area contributed by atoms with E-state index in [0.717, 1.165) is 19.3 Å². The van der Waals surface area contributed by atoms with Gasteiger partial charge in [0.25, 0.3) is 0 Å². The van der Waals surface area contributed by atoms with Crippen molar-refractivity contribution in [2.75, 3.05) is 0 Å². The molecule has 0 radical (unpaired) electrons. The molecule has 0 amide bonds. The molecule has 72 valence electrons. The molecule has 2 unspecified atom stereocenters. The number of carbonyl (C=O) groups is 1. The van der Waals surface area contributed by atoms with E-state index in [1.165, 1.54) is 6.34 Å². The van der Waals surface area contributed by atoms with Gasteiger partial charge in [0.05, 0.1) is 0 Å². The van der Waals surface area contributed by atoms with Crippen molar-refractivity contribution in [1.82, 2.24) is 0 Å². The normalized spacial score (nSPS) is 22.2. The maximum atomic E-state index is 11.8. The standard InChI is InChI=1S/C10H16N2O/c1-3-5-8(4-2)10(13)9-6-11-7-12-9/h6-9H,3-5H2,1-2H3. The van der Waals surface area contributed by atoms with Crippen molar-refractivity contribution in [3.05, 3.63) is 0 Å². The number of aliphatic imine (C=N–C) groups is 2. The summed E-state index contributed by atoms with van der Waals surface area (Å²) in [6.45, 7) is 4.15. The van der Waals surface area contributed by atoms with Gasteiger partial charge in [-0.05, 0) is 12.8 Å². The zero-order chi connectivity index (χ0) is 9.68. The van der Waals surface area contributed by atoms with Gasteiger partial charge in [-0.2, -0.15) is 0 Å². The first-order chi connectivity index (χ1) is 6.29. The molecule has 0 aromatic heterocycles. The highest BCUT2D eigenvalue weighted by molar-refractivity contribution is 6.05. The van der Waals surface area contributed by atoms with Gasteiger partial charge in [-0.1, -0.05) is 20.3 Å². The molecule has 0 saturated heterocycles. The molecule has 2 atom stereocenters. The molecule has 1 aliphatic rings. The number of hydrogen-bond acceptors (Lipinski definition) is 3. The van der Waals surface area contributed by atoms with Gasteiger partial charge in [0, 0.05) is 12.1 Å². The summed E-state index contributed by atoms with van der Waals surface area (Å²) in [5.41, 5.74) is 0. The van der Waals surface area contributed by atoms with Gasteiger partial charge in [-0.3, -0.25) is 9.79 Å². The zero-order valence-electron chi connectivity index (χ0n) is 8.23. The Balaban J connectivity index is 2.53. The van der Waals surface area contributed by atoms with Gasteiger partial charge in [0.15, 0.2) is 5.78 Å². The van der Waals surface area contributed by atoms with E-state index in [4.69, 9.17) is 0 Å². The van der Waals surface area contributed by atoms with Gasteiger partial charge in [0.1, 0.15) is 12.4 Å². The Hall–Kier alpha value is -0.990. The van der Waals surface area contributed by atoms with Crippen molar-refractivity contribution in [3.8, 4) is 0 Å². The number of rotatable bonds is 5. The molecule has 0 spiro atoms. The molecule has 0 fully saturated rings. The summed E-state index contributed by atoms with van der Waals surface area (Å²) in [6.07, 6.45) is 6.02. The topological polar surface area (TPSA) is 41.8 Å². The van der Waals surface area contributed by atoms with E-state index >= 15 is 0 Å². The molecule has 0 saturated carbocycles. The summed E-state index contributed by atoms with van der Waals surface area (Å²) in [6, 6.07) is -0.295. The lowest BCUT2D eigenvalue weighted by atomic mass is 9.92. The van der Waals surface area contributed by atoms with Crippen LogP contribution in [-0.4, -0.2) is 24.4 Å². The Kier molecular flexibility index (Phi) is 3.80. The van der Waals surface area contributed by atoms with E-state index in [1.807, 2.05) is 6.92 Å². The SMILES string of the molecule is CCCC(CC)C(=O)C1C=NC=N1. The van der Waals surface area contributed by atoms with Crippen LogP contribution in [0.1, 0.15) is 33.1 Å². The van der Waals surface area contributed by atoms with Crippen LogP contribution in [0.3, 0.4) is 0 Å². The highest BCUT2D eigenvalue weighted by Crippen LogP contribution is 2.15. The Morgan fingerprint density at radius 3 is 2.77 bits per heavy atom. The fourth-order valence-corrected chi connectivity index (χ4v) is 1.55. The Bertz CT molecular complexity index is 221. The number of nitrogens with zero attached hydrogens (tertiary/aromatic N) is 2. The van der Waals surface area contributed by atoms with Crippen LogP contribution in [0.2, 0.25) is 0 Å². The molecule has 0 aromatic rings. The predicted molar refractivity (Wildman–Crippen MR) is 54.5 cm³/mol. The van der Waals surface area contributed by atoms with Gasteiger partial charge in [-0.25, -0.2) is 4.99 Å². The van der Waals surface area contributed by atoms with Crippen LogP contribution in [0.5, 0.6) is 0 Å². The second kappa shape index (κ2) is 4.90. The maximum Gasteiger partial charge on any atom is 0.165 e. The number of ketones is 1. The van der Waals surface area contributed by atoms with Gasteiger partial charge >= 0.3 is 0 Å². The lowest BCUT2D eigenvalue weighted by Crippen LogP contribution is -2.26. The minimum absolute atomic E-state index is 0.164. The van der Waals surface area contributed by atoms with Crippen molar-refractivity contribution >= 4 is 18.3 Å². The lowest BCUT2D eigenvalue weighted by molar-refractivity contribution is -0.122. The molecular weight excluding hydrogens is 164 g/mol. The van der Waals surface area contributed by atoms with Gasteiger partial charge < -0.3 is 0 Å². The minimum atomic E-state index is -0.295. The van der Waals surface area contributed by atoms with Crippen LogP contribution in [-0.2, 0) is 4.79 Å². The van der Waals surface area contributed by atoms with Crippen molar-refractivity contribution < 1.29 is 4.79 Å². The summed E-state index contributed by atoms with van der Waals surface area (Å²) in [7, 11) is 0. The van der Waals surface area contributed by atoms with Crippen LogP contribution in [0.4, 0.5) is 0 Å². The van der Waals surface area contributed by atoms with E-state index in [0.29, 0.717) is 0 Å². The van der Waals surface area contributed by atoms with Crippen LogP contribution in [0.15, 0.2) is 9.98 Å². The average Bonchev–Trinajstić information content (AvgIpc) is 2.65. The number of carbonyl (C=O) groups excluding carboxylic acids is 1. The molecular formula is C10H16N2O. The van der Waals surface area contributed by atoms with Gasteiger partial charge in [0.2, 0.25) is 0 Å². The second-order valence-corrected chi connectivity index (χ2v) is 3.30. The van der Waals surface area contributed by atoms with E-state index in [2.05, 4.69) is 16.9 Å². The largest absolute Gasteiger partial charge is 0.297 e. The average molecular weight is 180 g/mol. The van der Waals surface area contributed by atoms with E-state index < -0.39 is 0 Å². The van der Waals surface area contributed by atoms with Crippen LogP contribution in [0, 0.1) is 5.92 Å². The maximum absolute atomic E-state index is 11.8. The minimum Gasteiger partial charge on any atom is -0.297 e. The van der Waals surface area contributed by atoms with Crippen molar-refractivity contribution in [2.45, 2.75) is 39.2 Å². The molecule has 0 aliphatic carbocycles. The number of hydrogen-bond donors (Lipinski definition) is 0. The van der Waals surface area contributed by atoms with Crippen LogP contribution < -0.4 is 0 Å². The Labute approximate surface area is 79.0 Å². The fourth-order valence-electron chi connectivity index (χ4n) is 1.55. The lowest BCUT2D eigenvalue weighted by Gasteiger charge is -2.13. The number of Topliss-reactive ketones (excluding diaryl/α,β-unsaturated/α-hetero) is 1. The third-order valence-corrected chi connectivity index (χ3v) is 2.35. The van der Waals surface area contributed by atoms with Crippen LogP contribution in [0.25, 0.3) is 0 Å². The summed E-state index contributed by atoms with van der Waals surface area (Å²) in [4.78, 5) is 19.6. The summed E-state index contributed by atoms with van der Waals surface area (Å²) < 4.78 is 0. The Morgan fingerprint density at radius 1 is 1.54 bits per heavy atom. The molecule has 13 heavy (non-hydrogen) atoms. The molecule has 1 heterocycles. The summed E-state index contributed by atoms with van der Waals surface area (Å²) in [5.74, 6) is 0.388. The van der Waals surface area contributed by atoms with E-state index in [1.54, 1.807) is 6.21 Å². The smallest absolute Gasteiger partial charge is 0.165 e. The Morgan fingerprint density at radius 2 is 2.31 bits per heavy atom. The zero-order valence-corrected chi connectivity index (χ0v) is 8.23. The van der Waals surface area contributed by atoms with E-state index in [-0.39, 0.29) is 17.7 Å². The monoisotopic (exact) mass is 180 g/mol. The third-order valence-electron chi connectivity index (χ3n) is 2.35. The highest BCUT2D eigenvalue weighted by atomic mass is 16.1. The third kappa shape index (κ3) is 2.47. The van der Waals surface area contributed by atoms with Gasteiger partial charge in [-0.15, -0.1) is 0 Å². The molecule has 0 bridgehead atoms. The summed E-state index contributed by atoms with van der Waals surface area (Å²) in [5, 5.41) is 0. The first kappa shape index (κ1) is 10.1. The molecule has 1 rings (SSSR count). The molecule has 0 aromatic carbocycles. The highest BCUT2D eigenvalue weighted by Gasteiger charge is 2.24. The summed E-state index contributed by atoms with van der Waals surface area (Å²) >= 11 is 0. The quantitative estimate of drug-likeness (QED) is 0.636. The van der Waals surface area contributed by atoms with Crippen molar-refractivity contribution in [2.24, 2.45) is 15.9 Å². The fraction of sp³-hybridized carbons (Fsp3) is 0.700. The first-order valence-electron chi connectivity index (χ1n) is 4.88. The van der Waals surface area contributed by atoms with E-state index in [9.17, 15) is 4.79 Å². The molecule has 0 N–H and O–H groups in total. The molecule has 3 nitrogen and oxygen atoms in total. The second-order valence-electron chi connectivity index (χ2n) is 3.30. The first-order valence-corrected chi connectivity index (χ1v) is 4.88. The van der Waals surface area contributed by atoms with Crippen molar-refractivity contribution in [1.29, 1.82) is 0 Å². The van der Waals surface area contributed by atoms with Crippen molar-refractivity contribution in [3.63, 3.8) is 0 Å². The molecule has 1 aliphatic heterocycles.